The summed E-state index contributed by atoms with van der Waals surface area (Å²) >= 11 is 5.90. The van der Waals surface area contributed by atoms with E-state index >= 15 is 0 Å². The highest BCUT2D eigenvalue weighted by molar-refractivity contribution is 6.30. The van der Waals surface area contributed by atoms with Crippen molar-refractivity contribution in [3.05, 3.63) is 89.2 Å². The van der Waals surface area contributed by atoms with Gasteiger partial charge in [-0.3, -0.25) is 0 Å². The molecule has 0 radical (unpaired) electrons. The highest BCUT2D eigenvalue weighted by atomic mass is 35.5. The fourth-order valence-corrected chi connectivity index (χ4v) is 2.42. The molecule has 3 rings (SSSR count). The zero-order valence-corrected chi connectivity index (χ0v) is 12.5. The third kappa shape index (κ3) is 2.95. The zero-order valence-electron chi connectivity index (χ0n) is 11.8. The quantitative estimate of drug-likeness (QED) is 0.612. The van der Waals surface area contributed by atoms with Crippen molar-refractivity contribution in [3.8, 4) is 11.8 Å². The van der Waals surface area contributed by atoms with Crippen LogP contribution >= 0.6 is 11.6 Å². The molecule has 0 bridgehead atoms. The minimum Gasteiger partial charge on any atom is -0.317 e. The van der Waals surface area contributed by atoms with Crippen LogP contribution < -0.4 is 0 Å². The van der Waals surface area contributed by atoms with Crippen LogP contribution in [-0.4, -0.2) is 4.57 Å². The van der Waals surface area contributed by atoms with E-state index in [1.54, 1.807) is 12.1 Å². The highest BCUT2D eigenvalue weighted by Gasteiger charge is 2.05. The smallest absolute Gasteiger partial charge is 0.0998 e. The molecule has 0 aliphatic rings. The van der Waals surface area contributed by atoms with Crippen LogP contribution in [0.15, 0.2) is 72.9 Å². The Morgan fingerprint density at radius 2 is 1.68 bits per heavy atom. The van der Waals surface area contributed by atoms with Crippen LogP contribution in [0.25, 0.3) is 17.3 Å². The lowest BCUT2D eigenvalue weighted by Gasteiger charge is -2.07. The van der Waals surface area contributed by atoms with E-state index in [1.807, 2.05) is 71.4 Å². The maximum atomic E-state index is 9.45. The summed E-state index contributed by atoms with van der Waals surface area (Å²) in [5.41, 5.74) is 3.48. The summed E-state index contributed by atoms with van der Waals surface area (Å²) in [5.74, 6) is 0. The Balaban J connectivity index is 2.03. The molecule has 3 heteroatoms. The van der Waals surface area contributed by atoms with Crippen molar-refractivity contribution < 1.29 is 0 Å². The third-order valence-corrected chi connectivity index (χ3v) is 3.63. The average molecular weight is 305 g/mol. The molecule has 22 heavy (non-hydrogen) atoms. The predicted molar refractivity (Wildman–Crippen MR) is 90.7 cm³/mol. The van der Waals surface area contributed by atoms with Gasteiger partial charge in [-0.25, -0.2) is 0 Å². The van der Waals surface area contributed by atoms with Gasteiger partial charge >= 0.3 is 0 Å². The summed E-state index contributed by atoms with van der Waals surface area (Å²) in [4.78, 5) is 0. The summed E-state index contributed by atoms with van der Waals surface area (Å²) in [6, 6.07) is 23.5. The van der Waals surface area contributed by atoms with Crippen LogP contribution in [-0.2, 0) is 0 Å². The first-order valence-electron chi connectivity index (χ1n) is 6.88. The van der Waals surface area contributed by atoms with Gasteiger partial charge in [0.15, 0.2) is 0 Å². The van der Waals surface area contributed by atoms with Crippen molar-refractivity contribution in [2.75, 3.05) is 0 Å². The average Bonchev–Trinajstić information content (AvgIpc) is 3.02. The van der Waals surface area contributed by atoms with Gasteiger partial charge in [0.05, 0.1) is 11.6 Å². The summed E-state index contributed by atoms with van der Waals surface area (Å²) in [5, 5.41) is 10.1. The largest absolute Gasteiger partial charge is 0.317 e. The SMILES string of the molecule is N#C/C(=C\c1cccn1-c1ccccc1)c1ccc(Cl)cc1. The van der Waals surface area contributed by atoms with Gasteiger partial charge in [0.25, 0.3) is 0 Å². The molecule has 1 heterocycles. The lowest BCUT2D eigenvalue weighted by atomic mass is 10.1. The fraction of sp³-hybridized carbons (Fsp3) is 0. The molecule has 0 aliphatic heterocycles. The van der Waals surface area contributed by atoms with E-state index in [0.29, 0.717) is 10.6 Å². The number of rotatable bonds is 3. The van der Waals surface area contributed by atoms with Crippen LogP contribution in [0.1, 0.15) is 11.3 Å². The molecule has 0 saturated heterocycles. The Hall–Kier alpha value is -2.76. The van der Waals surface area contributed by atoms with Crippen molar-refractivity contribution >= 4 is 23.3 Å². The first-order chi connectivity index (χ1) is 10.8. The minimum absolute atomic E-state index is 0.604. The molecule has 3 aromatic rings. The van der Waals surface area contributed by atoms with Gasteiger partial charge in [0.1, 0.15) is 0 Å². The maximum absolute atomic E-state index is 9.45. The van der Waals surface area contributed by atoms with Gasteiger partial charge in [-0.05, 0) is 48.0 Å². The molecule has 2 aromatic carbocycles. The zero-order chi connectivity index (χ0) is 15.4. The number of hydrogen-bond acceptors (Lipinski definition) is 1. The number of nitrogens with zero attached hydrogens (tertiary/aromatic N) is 2. The van der Waals surface area contributed by atoms with E-state index in [2.05, 4.69) is 6.07 Å². The Bertz CT molecular complexity index is 837. The first kappa shape index (κ1) is 14.2. The molecule has 0 saturated carbocycles. The van der Waals surface area contributed by atoms with Crippen molar-refractivity contribution in [3.63, 3.8) is 0 Å². The van der Waals surface area contributed by atoms with Gasteiger partial charge in [-0.1, -0.05) is 41.9 Å². The topological polar surface area (TPSA) is 28.7 Å². The normalized spacial score (nSPS) is 11.2. The number of halogens is 1. The van der Waals surface area contributed by atoms with Crippen LogP contribution in [0, 0.1) is 11.3 Å². The second-order valence-electron chi connectivity index (χ2n) is 4.82. The number of nitriles is 1. The van der Waals surface area contributed by atoms with E-state index < -0.39 is 0 Å². The lowest BCUT2D eigenvalue weighted by Crippen LogP contribution is -1.94. The summed E-state index contributed by atoms with van der Waals surface area (Å²) < 4.78 is 2.05. The van der Waals surface area contributed by atoms with Gasteiger partial charge in [0, 0.05) is 22.6 Å². The summed E-state index contributed by atoms with van der Waals surface area (Å²) in [6.45, 7) is 0. The number of benzene rings is 2. The Morgan fingerprint density at radius 3 is 2.36 bits per heavy atom. The molecule has 1 aromatic heterocycles. The molecule has 0 atom stereocenters. The number of aromatic nitrogens is 1. The summed E-state index contributed by atoms with van der Waals surface area (Å²) in [6.07, 6.45) is 3.87. The molecular weight excluding hydrogens is 292 g/mol. The molecule has 106 valence electrons. The third-order valence-electron chi connectivity index (χ3n) is 3.38. The van der Waals surface area contributed by atoms with Gasteiger partial charge in [0.2, 0.25) is 0 Å². The van der Waals surface area contributed by atoms with Crippen LogP contribution in [0.3, 0.4) is 0 Å². The minimum atomic E-state index is 0.604. The molecule has 0 spiro atoms. The van der Waals surface area contributed by atoms with Crippen LogP contribution in [0.4, 0.5) is 0 Å². The maximum Gasteiger partial charge on any atom is 0.0998 e. The Labute approximate surface area is 134 Å². The second kappa shape index (κ2) is 6.34. The first-order valence-corrected chi connectivity index (χ1v) is 7.26. The van der Waals surface area contributed by atoms with E-state index in [-0.39, 0.29) is 0 Å². The van der Waals surface area contributed by atoms with Crippen molar-refractivity contribution in [1.82, 2.24) is 4.57 Å². The van der Waals surface area contributed by atoms with Crippen molar-refractivity contribution in [2.24, 2.45) is 0 Å². The van der Waals surface area contributed by atoms with E-state index in [9.17, 15) is 5.26 Å². The number of para-hydroxylation sites is 1. The van der Waals surface area contributed by atoms with Crippen LogP contribution in [0.5, 0.6) is 0 Å². The predicted octanol–water partition coefficient (Wildman–Crippen LogP) is 5.19. The number of hydrogen-bond donors (Lipinski definition) is 0. The summed E-state index contributed by atoms with van der Waals surface area (Å²) in [7, 11) is 0. The van der Waals surface area contributed by atoms with E-state index in [0.717, 1.165) is 16.9 Å². The fourth-order valence-electron chi connectivity index (χ4n) is 2.29. The molecule has 0 unspecified atom stereocenters. The van der Waals surface area contributed by atoms with E-state index in [1.165, 1.54) is 0 Å². The Morgan fingerprint density at radius 1 is 0.955 bits per heavy atom. The molecular formula is C19H13ClN2. The Kier molecular flexibility index (Phi) is 4.09. The van der Waals surface area contributed by atoms with Gasteiger partial charge in [-0.2, -0.15) is 5.26 Å². The lowest BCUT2D eigenvalue weighted by molar-refractivity contribution is 1.06. The molecule has 0 fully saturated rings. The van der Waals surface area contributed by atoms with E-state index in [4.69, 9.17) is 11.6 Å². The molecule has 2 nitrogen and oxygen atoms in total. The molecule has 0 amide bonds. The van der Waals surface area contributed by atoms with Gasteiger partial charge < -0.3 is 4.57 Å². The van der Waals surface area contributed by atoms with Gasteiger partial charge in [-0.15, -0.1) is 0 Å². The highest BCUT2D eigenvalue weighted by Crippen LogP contribution is 2.21. The van der Waals surface area contributed by atoms with Crippen molar-refractivity contribution in [2.45, 2.75) is 0 Å². The molecule has 0 aliphatic carbocycles. The standard InChI is InChI=1S/C19H13ClN2/c20-17-10-8-15(9-11-17)16(14-21)13-19-7-4-12-22(19)18-5-2-1-3-6-18/h1-13H/b16-13+. The van der Waals surface area contributed by atoms with Crippen LogP contribution in [0.2, 0.25) is 5.02 Å². The second-order valence-corrected chi connectivity index (χ2v) is 5.25. The number of allylic oxidation sites excluding steroid dienone is 1. The molecule has 0 N–H and O–H groups in total. The van der Waals surface area contributed by atoms with Crippen molar-refractivity contribution in [1.29, 1.82) is 5.26 Å². The monoisotopic (exact) mass is 304 g/mol.